The SMILES string of the molecule is Cc1ccc(N2CCN(CC(=O)NC3CCC(Oc4cnccn4)CC3)C2=O)cc1. The van der Waals surface area contributed by atoms with Crippen molar-refractivity contribution in [3.63, 3.8) is 0 Å². The Morgan fingerprint density at radius 1 is 1.13 bits per heavy atom. The molecule has 8 nitrogen and oxygen atoms in total. The fourth-order valence-electron chi connectivity index (χ4n) is 3.98. The summed E-state index contributed by atoms with van der Waals surface area (Å²) in [5.74, 6) is 0.433. The van der Waals surface area contributed by atoms with Gasteiger partial charge in [-0.15, -0.1) is 0 Å². The molecule has 2 heterocycles. The predicted molar refractivity (Wildman–Crippen MR) is 112 cm³/mol. The van der Waals surface area contributed by atoms with Crippen LogP contribution in [0, 0.1) is 6.92 Å². The summed E-state index contributed by atoms with van der Waals surface area (Å²) in [5.41, 5.74) is 2.02. The van der Waals surface area contributed by atoms with Gasteiger partial charge in [0.2, 0.25) is 11.8 Å². The fraction of sp³-hybridized carbons (Fsp3) is 0.455. The lowest BCUT2D eigenvalue weighted by molar-refractivity contribution is -0.122. The van der Waals surface area contributed by atoms with E-state index in [-0.39, 0.29) is 30.6 Å². The maximum atomic E-state index is 12.7. The molecule has 1 N–H and O–H groups in total. The number of benzene rings is 1. The summed E-state index contributed by atoms with van der Waals surface area (Å²) in [4.78, 5) is 36.7. The van der Waals surface area contributed by atoms with Crippen LogP contribution >= 0.6 is 0 Å². The van der Waals surface area contributed by atoms with Crippen LogP contribution in [0.3, 0.4) is 0 Å². The van der Waals surface area contributed by atoms with Gasteiger partial charge in [0.1, 0.15) is 12.6 Å². The Bertz CT molecular complexity index is 866. The number of carbonyl (C=O) groups is 2. The molecule has 1 saturated heterocycles. The molecule has 0 radical (unpaired) electrons. The van der Waals surface area contributed by atoms with Crippen molar-refractivity contribution in [1.29, 1.82) is 0 Å². The standard InChI is InChI=1S/C22H27N5O3/c1-16-2-6-18(7-3-16)27-13-12-26(22(27)29)15-20(28)25-17-4-8-19(9-5-17)30-21-14-23-10-11-24-21/h2-3,6-7,10-11,14,17,19H,4-5,8-9,12-13,15H2,1H3,(H,25,28). The van der Waals surface area contributed by atoms with Crippen LogP contribution in [0.25, 0.3) is 0 Å². The highest BCUT2D eigenvalue weighted by molar-refractivity contribution is 5.96. The quantitative estimate of drug-likeness (QED) is 0.792. The second-order valence-corrected chi connectivity index (χ2v) is 7.89. The topological polar surface area (TPSA) is 87.7 Å². The number of anilines is 1. The summed E-state index contributed by atoms with van der Waals surface area (Å²) in [6, 6.07) is 7.86. The van der Waals surface area contributed by atoms with E-state index in [4.69, 9.17) is 4.74 Å². The summed E-state index contributed by atoms with van der Waals surface area (Å²) in [6.45, 7) is 3.26. The normalized spacial score (nSPS) is 21.6. The van der Waals surface area contributed by atoms with Crippen molar-refractivity contribution in [3.05, 3.63) is 48.4 Å². The zero-order chi connectivity index (χ0) is 20.9. The molecule has 1 aliphatic heterocycles. The van der Waals surface area contributed by atoms with Crippen LogP contribution in [-0.4, -0.2) is 58.6 Å². The zero-order valence-electron chi connectivity index (χ0n) is 17.2. The lowest BCUT2D eigenvalue weighted by Gasteiger charge is -2.29. The van der Waals surface area contributed by atoms with E-state index in [1.807, 2.05) is 31.2 Å². The first kappa shape index (κ1) is 20.1. The molecular weight excluding hydrogens is 382 g/mol. The maximum absolute atomic E-state index is 12.7. The van der Waals surface area contributed by atoms with Crippen LogP contribution in [0.5, 0.6) is 5.88 Å². The van der Waals surface area contributed by atoms with Crippen molar-refractivity contribution in [2.75, 3.05) is 24.5 Å². The van der Waals surface area contributed by atoms with E-state index < -0.39 is 0 Å². The van der Waals surface area contributed by atoms with Gasteiger partial charge in [0.15, 0.2) is 0 Å². The Hall–Kier alpha value is -3.16. The molecule has 2 fully saturated rings. The fourth-order valence-corrected chi connectivity index (χ4v) is 3.98. The third kappa shape index (κ3) is 4.87. The van der Waals surface area contributed by atoms with Gasteiger partial charge in [-0.3, -0.25) is 14.7 Å². The number of hydrogen-bond acceptors (Lipinski definition) is 5. The molecule has 0 atom stereocenters. The number of rotatable bonds is 6. The van der Waals surface area contributed by atoms with E-state index >= 15 is 0 Å². The average Bonchev–Trinajstić information content (AvgIpc) is 3.11. The summed E-state index contributed by atoms with van der Waals surface area (Å²) in [6.07, 6.45) is 8.33. The van der Waals surface area contributed by atoms with Gasteiger partial charge >= 0.3 is 6.03 Å². The van der Waals surface area contributed by atoms with Gasteiger partial charge < -0.3 is 15.0 Å². The molecule has 3 amide bonds. The molecule has 4 rings (SSSR count). The van der Waals surface area contributed by atoms with Crippen molar-refractivity contribution in [2.45, 2.75) is 44.8 Å². The molecule has 1 aromatic carbocycles. The predicted octanol–water partition coefficient (Wildman–Crippen LogP) is 2.53. The number of ether oxygens (including phenoxy) is 1. The number of aryl methyl sites for hydroxylation is 1. The highest BCUT2D eigenvalue weighted by Crippen LogP contribution is 2.23. The Morgan fingerprint density at radius 2 is 1.90 bits per heavy atom. The van der Waals surface area contributed by atoms with E-state index in [1.54, 1.807) is 28.4 Å². The number of amides is 3. The van der Waals surface area contributed by atoms with Crippen LogP contribution in [0.1, 0.15) is 31.2 Å². The van der Waals surface area contributed by atoms with Gasteiger partial charge in [-0.2, -0.15) is 0 Å². The van der Waals surface area contributed by atoms with E-state index in [1.165, 1.54) is 0 Å². The highest BCUT2D eigenvalue weighted by Gasteiger charge is 2.31. The largest absolute Gasteiger partial charge is 0.473 e. The van der Waals surface area contributed by atoms with E-state index in [2.05, 4.69) is 15.3 Å². The third-order valence-corrected chi connectivity index (χ3v) is 5.64. The van der Waals surface area contributed by atoms with Crippen LogP contribution in [-0.2, 0) is 4.79 Å². The lowest BCUT2D eigenvalue weighted by Crippen LogP contribution is -2.45. The van der Waals surface area contributed by atoms with Gasteiger partial charge in [0, 0.05) is 37.2 Å². The number of urea groups is 1. The van der Waals surface area contributed by atoms with Crippen molar-refractivity contribution >= 4 is 17.6 Å². The lowest BCUT2D eigenvalue weighted by atomic mass is 9.93. The molecule has 0 spiro atoms. The van der Waals surface area contributed by atoms with E-state index in [0.717, 1.165) is 36.9 Å². The van der Waals surface area contributed by atoms with Gasteiger partial charge in [0.05, 0.1) is 6.20 Å². The Labute approximate surface area is 176 Å². The number of nitrogens with one attached hydrogen (secondary N) is 1. The van der Waals surface area contributed by atoms with E-state index in [0.29, 0.717) is 19.0 Å². The first-order chi connectivity index (χ1) is 14.6. The van der Waals surface area contributed by atoms with Crippen molar-refractivity contribution < 1.29 is 14.3 Å². The second kappa shape index (κ2) is 9.11. The first-order valence-corrected chi connectivity index (χ1v) is 10.4. The molecule has 0 unspecified atom stereocenters. The molecule has 2 aromatic rings. The summed E-state index contributed by atoms with van der Waals surface area (Å²) in [5, 5.41) is 3.08. The van der Waals surface area contributed by atoms with Crippen LogP contribution in [0.15, 0.2) is 42.9 Å². The van der Waals surface area contributed by atoms with Crippen LogP contribution in [0.2, 0.25) is 0 Å². The number of carbonyl (C=O) groups excluding carboxylic acids is 2. The van der Waals surface area contributed by atoms with Gasteiger partial charge in [-0.05, 0) is 44.7 Å². The second-order valence-electron chi connectivity index (χ2n) is 7.89. The molecule has 158 valence electrons. The molecular formula is C22H27N5O3. The third-order valence-electron chi connectivity index (χ3n) is 5.64. The van der Waals surface area contributed by atoms with Crippen LogP contribution < -0.4 is 15.0 Å². The van der Waals surface area contributed by atoms with Gasteiger partial charge in [-0.1, -0.05) is 17.7 Å². The molecule has 0 bridgehead atoms. The molecule has 2 aliphatic rings. The van der Waals surface area contributed by atoms with Crippen molar-refractivity contribution in [1.82, 2.24) is 20.2 Å². The van der Waals surface area contributed by atoms with Crippen molar-refractivity contribution in [2.24, 2.45) is 0 Å². The van der Waals surface area contributed by atoms with Gasteiger partial charge in [0.25, 0.3) is 0 Å². The summed E-state index contributed by atoms with van der Waals surface area (Å²) >= 11 is 0. The number of nitrogens with zero attached hydrogens (tertiary/aromatic N) is 4. The minimum Gasteiger partial charge on any atom is -0.473 e. The molecule has 8 heteroatoms. The maximum Gasteiger partial charge on any atom is 0.325 e. The smallest absolute Gasteiger partial charge is 0.325 e. The minimum atomic E-state index is -0.116. The molecule has 1 aliphatic carbocycles. The highest BCUT2D eigenvalue weighted by atomic mass is 16.5. The van der Waals surface area contributed by atoms with E-state index in [9.17, 15) is 9.59 Å². The Balaban J connectivity index is 1.22. The first-order valence-electron chi connectivity index (χ1n) is 10.4. The Morgan fingerprint density at radius 3 is 2.60 bits per heavy atom. The summed E-state index contributed by atoms with van der Waals surface area (Å²) < 4.78 is 5.85. The molecule has 1 aromatic heterocycles. The zero-order valence-corrected chi connectivity index (χ0v) is 17.2. The Kier molecular flexibility index (Phi) is 6.11. The van der Waals surface area contributed by atoms with Crippen LogP contribution in [0.4, 0.5) is 10.5 Å². The monoisotopic (exact) mass is 409 g/mol. The molecule has 30 heavy (non-hydrogen) atoms. The van der Waals surface area contributed by atoms with Gasteiger partial charge in [-0.25, -0.2) is 9.78 Å². The number of aromatic nitrogens is 2. The number of hydrogen-bond donors (Lipinski definition) is 1. The summed E-state index contributed by atoms with van der Waals surface area (Å²) in [7, 11) is 0. The molecule has 1 saturated carbocycles. The minimum absolute atomic E-state index is 0.0945. The van der Waals surface area contributed by atoms with Crippen molar-refractivity contribution in [3.8, 4) is 5.88 Å². The average molecular weight is 409 g/mol.